The molecule has 1 aromatic rings. The summed E-state index contributed by atoms with van der Waals surface area (Å²) in [7, 11) is 3.65. The maximum absolute atomic E-state index is 12.4. The first-order chi connectivity index (χ1) is 9.03. The van der Waals surface area contributed by atoms with Crippen LogP contribution in [-0.4, -0.2) is 41.4 Å². The highest BCUT2D eigenvalue weighted by atomic mass is 16.2. The van der Waals surface area contributed by atoms with Gasteiger partial charge in [0.2, 0.25) is 11.9 Å². The van der Waals surface area contributed by atoms with Gasteiger partial charge in [-0.2, -0.15) is 0 Å². The van der Waals surface area contributed by atoms with Crippen LogP contribution >= 0.6 is 0 Å². The fourth-order valence-electron chi connectivity index (χ4n) is 2.77. The summed E-state index contributed by atoms with van der Waals surface area (Å²) in [6.45, 7) is 2.55. The van der Waals surface area contributed by atoms with Gasteiger partial charge in [0.05, 0.1) is 5.41 Å². The van der Waals surface area contributed by atoms with Crippen molar-refractivity contribution in [1.82, 2.24) is 14.9 Å². The fraction of sp³-hybridized carbons (Fsp3) is 0.643. The summed E-state index contributed by atoms with van der Waals surface area (Å²) in [5, 5.41) is 3.23. The molecule has 5 heteroatoms. The number of hydrogen-bond acceptors (Lipinski definition) is 4. The highest BCUT2D eigenvalue weighted by Crippen LogP contribution is 2.39. The number of nitrogens with one attached hydrogen (secondary N) is 1. The van der Waals surface area contributed by atoms with Crippen LogP contribution in [0.3, 0.4) is 0 Å². The minimum absolute atomic E-state index is 0.213. The van der Waals surface area contributed by atoms with E-state index in [1.54, 1.807) is 11.1 Å². The Hall–Kier alpha value is -1.65. The second-order valence-electron chi connectivity index (χ2n) is 5.56. The van der Waals surface area contributed by atoms with Gasteiger partial charge in [-0.3, -0.25) is 4.79 Å². The smallest absolute Gasteiger partial charge is 0.230 e. The molecule has 104 valence electrons. The first-order valence-electron chi connectivity index (χ1n) is 6.79. The van der Waals surface area contributed by atoms with Crippen molar-refractivity contribution in [2.75, 3.05) is 26.0 Å². The molecule has 0 atom stereocenters. The van der Waals surface area contributed by atoms with Crippen LogP contribution in [0.25, 0.3) is 0 Å². The molecule has 1 aliphatic rings. The Morgan fingerprint density at radius 1 is 1.42 bits per heavy atom. The minimum atomic E-state index is -0.281. The molecule has 5 nitrogen and oxygen atoms in total. The predicted octanol–water partition coefficient (Wildman–Crippen LogP) is 1.85. The number of anilines is 1. The Bertz CT molecular complexity index is 453. The van der Waals surface area contributed by atoms with Crippen LogP contribution in [0.5, 0.6) is 0 Å². The Labute approximate surface area is 114 Å². The van der Waals surface area contributed by atoms with Gasteiger partial charge in [0.15, 0.2) is 0 Å². The molecule has 1 aromatic heterocycles. The fourth-order valence-corrected chi connectivity index (χ4v) is 2.77. The van der Waals surface area contributed by atoms with E-state index in [0.717, 1.165) is 31.4 Å². The van der Waals surface area contributed by atoms with Crippen molar-refractivity contribution in [3.05, 3.63) is 18.0 Å². The lowest BCUT2D eigenvalue weighted by Gasteiger charge is -2.30. The highest BCUT2D eigenvalue weighted by Gasteiger charge is 2.41. The Kier molecular flexibility index (Phi) is 4.02. The molecule has 1 N–H and O–H groups in total. The molecular weight excluding hydrogens is 240 g/mol. The first-order valence-corrected chi connectivity index (χ1v) is 6.79. The van der Waals surface area contributed by atoms with Crippen molar-refractivity contribution >= 4 is 11.9 Å². The standard InChI is InChI=1S/C14H22N4O/c1-11-6-9-15-13(17-11)16-10-14(7-4-5-8-14)12(19)18(2)3/h6,9H,4-5,7-8,10H2,1-3H3,(H,15,16,17). The molecule has 1 heterocycles. The van der Waals surface area contributed by atoms with Gasteiger partial charge in [0, 0.05) is 32.5 Å². The van der Waals surface area contributed by atoms with E-state index in [1.807, 2.05) is 27.1 Å². The van der Waals surface area contributed by atoms with E-state index >= 15 is 0 Å². The zero-order valence-electron chi connectivity index (χ0n) is 11.9. The number of amides is 1. The van der Waals surface area contributed by atoms with E-state index < -0.39 is 0 Å². The van der Waals surface area contributed by atoms with E-state index in [0.29, 0.717) is 12.5 Å². The van der Waals surface area contributed by atoms with E-state index in [4.69, 9.17) is 0 Å². The quantitative estimate of drug-likeness (QED) is 0.899. The van der Waals surface area contributed by atoms with E-state index in [-0.39, 0.29) is 11.3 Å². The molecule has 19 heavy (non-hydrogen) atoms. The summed E-state index contributed by atoms with van der Waals surface area (Å²) in [6, 6.07) is 1.86. The van der Waals surface area contributed by atoms with Crippen molar-refractivity contribution in [2.24, 2.45) is 5.41 Å². The number of rotatable bonds is 4. The van der Waals surface area contributed by atoms with Gasteiger partial charge < -0.3 is 10.2 Å². The number of nitrogens with zero attached hydrogens (tertiary/aromatic N) is 3. The summed E-state index contributed by atoms with van der Waals surface area (Å²) in [5.74, 6) is 0.822. The van der Waals surface area contributed by atoms with Crippen LogP contribution in [0.15, 0.2) is 12.3 Å². The van der Waals surface area contributed by atoms with Gasteiger partial charge in [0.1, 0.15) is 0 Å². The molecule has 0 unspecified atom stereocenters. The van der Waals surface area contributed by atoms with Gasteiger partial charge in [0.25, 0.3) is 0 Å². The van der Waals surface area contributed by atoms with Crippen LogP contribution in [-0.2, 0) is 4.79 Å². The van der Waals surface area contributed by atoms with Crippen molar-refractivity contribution in [1.29, 1.82) is 0 Å². The largest absolute Gasteiger partial charge is 0.353 e. The Morgan fingerprint density at radius 2 is 2.11 bits per heavy atom. The molecule has 1 fully saturated rings. The first kappa shape index (κ1) is 13.8. The zero-order chi connectivity index (χ0) is 13.9. The third-order valence-electron chi connectivity index (χ3n) is 3.80. The lowest BCUT2D eigenvalue weighted by Crippen LogP contribution is -2.43. The molecule has 0 bridgehead atoms. The van der Waals surface area contributed by atoms with Gasteiger partial charge in [-0.05, 0) is 25.8 Å². The van der Waals surface area contributed by atoms with E-state index in [2.05, 4.69) is 15.3 Å². The van der Waals surface area contributed by atoms with Gasteiger partial charge in [-0.1, -0.05) is 12.8 Å². The molecule has 1 amide bonds. The Balaban J connectivity index is 2.08. The molecule has 0 spiro atoms. The molecule has 2 rings (SSSR count). The molecule has 0 aliphatic heterocycles. The zero-order valence-corrected chi connectivity index (χ0v) is 11.9. The van der Waals surface area contributed by atoms with Crippen molar-refractivity contribution < 1.29 is 4.79 Å². The maximum atomic E-state index is 12.4. The minimum Gasteiger partial charge on any atom is -0.353 e. The summed E-state index contributed by atoms with van der Waals surface area (Å²) in [5.41, 5.74) is 0.647. The Morgan fingerprint density at radius 3 is 2.68 bits per heavy atom. The SMILES string of the molecule is Cc1ccnc(NCC2(C(=O)N(C)C)CCCC2)n1. The second-order valence-corrected chi connectivity index (χ2v) is 5.56. The summed E-state index contributed by atoms with van der Waals surface area (Å²) in [4.78, 5) is 22.6. The molecule has 0 radical (unpaired) electrons. The number of aryl methyl sites for hydroxylation is 1. The summed E-state index contributed by atoms with van der Waals surface area (Å²) < 4.78 is 0. The van der Waals surface area contributed by atoms with Crippen molar-refractivity contribution in [3.8, 4) is 0 Å². The topological polar surface area (TPSA) is 58.1 Å². The lowest BCUT2D eigenvalue weighted by molar-refractivity contribution is -0.138. The van der Waals surface area contributed by atoms with E-state index in [1.165, 1.54) is 0 Å². The molecular formula is C14H22N4O. The van der Waals surface area contributed by atoms with Crippen molar-refractivity contribution in [2.45, 2.75) is 32.6 Å². The molecule has 1 saturated carbocycles. The molecule has 1 aliphatic carbocycles. The second kappa shape index (κ2) is 5.55. The van der Waals surface area contributed by atoms with Crippen LogP contribution in [0.1, 0.15) is 31.4 Å². The van der Waals surface area contributed by atoms with Crippen LogP contribution in [0, 0.1) is 12.3 Å². The molecule has 0 aromatic carbocycles. The van der Waals surface area contributed by atoms with Crippen LogP contribution in [0.4, 0.5) is 5.95 Å². The summed E-state index contributed by atoms with van der Waals surface area (Å²) >= 11 is 0. The van der Waals surface area contributed by atoms with Crippen LogP contribution in [0.2, 0.25) is 0 Å². The third-order valence-corrected chi connectivity index (χ3v) is 3.80. The molecule has 0 saturated heterocycles. The van der Waals surface area contributed by atoms with Crippen molar-refractivity contribution in [3.63, 3.8) is 0 Å². The normalized spacial score (nSPS) is 17.2. The monoisotopic (exact) mass is 262 g/mol. The van der Waals surface area contributed by atoms with Crippen LogP contribution < -0.4 is 5.32 Å². The average molecular weight is 262 g/mol. The predicted molar refractivity (Wildman–Crippen MR) is 74.9 cm³/mol. The van der Waals surface area contributed by atoms with E-state index in [9.17, 15) is 4.79 Å². The maximum Gasteiger partial charge on any atom is 0.230 e. The summed E-state index contributed by atoms with van der Waals surface area (Å²) in [6.07, 6.45) is 5.87. The number of hydrogen-bond donors (Lipinski definition) is 1. The van der Waals surface area contributed by atoms with Gasteiger partial charge >= 0.3 is 0 Å². The number of aromatic nitrogens is 2. The average Bonchev–Trinajstić information content (AvgIpc) is 2.85. The lowest BCUT2D eigenvalue weighted by atomic mass is 9.84. The third kappa shape index (κ3) is 3.03. The van der Waals surface area contributed by atoms with Gasteiger partial charge in [-0.15, -0.1) is 0 Å². The number of carbonyl (C=O) groups excluding carboxylic acids is 1. The number of carbonyl (C=O) groups is 1. The highest BCUT2D eigenvalue weighted by molar-refractivity contribution is 5.83. The van der Waals surface area contributed by atoms with Gasteiger partial charge in [-0.25, -0.2) is 9.97 Å².